The number of carbonyl (C=O) groups is 1. The van der Waals surface area contributed by atoms with Crippen molar-refractivity contribution in [2.75, 3.05) is 26.2 Å². The van der Waals surface area contributed by atoms with E-state index in [4.69, 9.17) is 29.6 Å². The van der Waals surface area contributed by atoms with Crippen molar-refractivity contribution in [2.45, 2.75) is 6.04 Å². The Balaban J connectivity index is 1.64. The van der Waals surface area contributed by atoms with Crippen LogP contribution in [0.5, 0.6) is 0 Å². The first-order chi connectivity index (χ1) is 14.6. The number of hydrogen-bond acceptors (Lipinski definition) is 5. The first-order valence-electron chi connectivity index (χ1n) is 9.43. The largest absolute Gasteiger partial charge is 0.353 e. The van der Waals surface area contributed by atoms with Crippen LogP contribution in [0.15, 0.2) is 54.6 Å². The second-order valence-corrected chi connectivity index (χ2v) is 7.82. The van der Waals surface area contributed by atoms with Crippen molar-refractivity contribution in [3.05, 3.63) is 76.1 Å². The minimum atomic E-state index is -0.231. The SMILES string of the molecule is C#CN1CC(c2ncccn2)=CC=C1N1CCN(C=O)C(c2cc(Cl)ccc2Cl)C1. The van der Waals surface area contributed by atoms with E-state index in [1.807, 2.05) is 23.1 Å². The molecule has 1 unspecified atom stereocenters. The van der Waals surface area contributed by atoms with E-state index in [-0.39, 0.29) is 6.04 Å². The van der Waals surface area contributed by atoms with E-state index < -0.39 is 0 Å². The standard InChI is InChI=1S/C22H19Cl2N5O/c1-2-27-13-16(22-25-8-3-9-26-22)4-7-21(27)28-10-11-29(15-30)20(14-28)18-12-17(23)5-6-19(18)24/h1,3-9,12,15,20H,10-11,13-14H2. The van der Waals surface area contributed by atoms with Crippen LogP contribution in [0.3, 0.4) is 0 Å². The van der Waals surface area contributed by atoms with Gasteiger partial charge in [-0.3, -0.25) is 9.69 Å². The minimum absolute atomic E-state index is 0.231. The summed E-state index contributed by atoms with van der Waals surface area (Å²) in [5.41, 5.74) is 1.76. The molecule has 2 aliphatic heterocycles. The van der Waals surface area contributed by atoms with E-state index in [0.29, 0.717) is 42.0 Å². The fourth-order valence-corrected chi connectivity index (χ4v) is 4.17. The number of aromatic nitrogens is 2. The van der Waals surface area contributed by atoms with Crippen molar-refractivity contribution < 1.29 is 4.79 Å². The maximum absolute atomic E-state index is 11.7. The van der Waals surface area contributed by atoms with Crippen molar-refractivity contribution in [3.8, 4) is 12.5 Å². The molecule has 1 fully saturated rings. The average molecular weight is 440 g/mol. The predicted octanol–water partition coefficient (Wildman–Crippen LogP) is 3.43. The number of nitrogens with zero attached hydrogens (tertiary/aromatic N) is 5. The van der Waals surface area contributed by atoms with Crippen LogP contribution in [0.25, 0.3) is 5.57 Å². The highest BCUT2D eigenvalue weighted by atomic mass is 35.5. The van der Waals surface area contributed by atoms with Crippen LogP contribution >= 0.6 is 23.2 Å². The summed E-state index contributed by atoms with van der Waals surface area (Å²) in [6, 6.07) is 9.60. The molecular formula is C22H19Cl2N5O. The molecule has 0 saturated carbocycles. The molecule has 1 saturated heterocycles. The van der Waals surface area contributed by atoms with Crippen molar-refractivity contribution >= 4 is 35.2 Å². The summed E-state index contributed by atoms with van der Waals surface area (Å²) in [6.45, 7) is 2.25. The van der Waals surface area contributed by atoms with Crippen LogP contribution < -0.4 is 0 Å². The van der Waals surface area contributed by atoms with Gasteiger partial charge in [0.15, 0.2) is 5.82 Å². The van der Waals surface area contributed by atoms with Gasteiger partial charge < -0.3 is 9.80 Å². The zero-order chi connectivity index (χ0) is 21.1. The van der Waals surface area contributed by atoms with E-state index in [9.17, 15) is 4.79 Å². The normalized spacial score (nSPS) is 19.1. The zero-order valence-corrected chi connectivity index (χ0v) is 17.6. The summed E-state index contributed by atoms with van der Waals surface area (Å²) in [6.07, 6.45) is 14.1. The summed E-state index contributed by atoms with van der Waals surface area (Å²) in [4.78, 5) is 26.1. The Morgan fingerprint density at radius 1 is 1.17 bits per heavy atom. The molecule has 2 aliphatic rings. The zero-order valence-electron chi connectivity index (χ0n) is 16.1. The highest BCUT2D eigenvalue weighted by Gasteiger charge is 2.32. The molecule has 0 aliphatic carbocycles. The van der Waals surface area contributed by atoms with E-state index in [2.05, 4.69) is 20.9 Å². The van der Waals surface area contributed by atoms with Gasteiger partial charge in [-0.1, -0.05) is 29.6 Å². The molecule has 30 heavy (non-hydrogen) atoms. The lowest BCUT2D eigenvalue weighted by Crippen LogP contribution is -2.49. The van der Waals surface area contributed by atoms with Gasteiger partial charge in [-0.15, -0.1) is 0 Å². The van der Waals surface area contributed by atoms with Crippen molar-refractivity contribution in [2.24, 2.45) is 0 Å². The molecule has 0 radical (unpaired) electrons. The van der Waals surface area contributed by atoms with E-state index in [0.717, 1.165) is 23.4 Å². The third-order valence-corrected chi connectivity index (χ3v) is 5.82. The van der Waals surface area contributed by atoms with Crippen LogP contribution in [-0.4, -0.2) is 57.3 Å². The third-order valence-electron chi connectivity index (χ3n) is 5.25. The van der Waals surface area contributed by atoms with Gasteiger partial charge in [0.05, 0.1) is 12.6 Å². The topological polar surface area (TPSA) is 52.6 Å². The summed E-state index contributed by atoms with van der Waals surface area (Å²) in [7, 11) is 0. The number of allylic oxidation sites excluding steroid dienone is 2. The molecule has 1 amide bonds. The molecule has 0 N–H and O–H groups in total. The van der Waals surface area contributed by atoms with Gasteiger partial charge in [-0.05, 0) is 42.0 Å². The lowest BCUT2D eigenvalue weighted by atomic mass is 10.0. The fourth-order valence-electron chi connectivity index (χ4n) is 3.75. The Morgan fingerprint density at radius 3 is 2.70 bits per heavy atom. The average Bonchev–Trinajstić information content (AvgIpc) is 2.80. The number of amides is 1. The van der Waals surface area contributed by atoms with E-state index in [1.54, 1.807) is 35.5 Å². The van der Waals surface area contributed by atoms with Gasteiger partial charge >= 0.3 is 0 Å². The second kappa shape index (κ2) is 8.78. The molecule has 3 heterocycles. The van der Waals surface area contributed by atoms with Crippen molar-refractivity contribution in [3.63, 3.8) is 0 Å². The van der Waals surface area contributed by atoms with E-state index >= 15 is 0 Å². The molecule has 152 valence electrons. The van der Waals surface area contributed by atoms with Gasteiger partial charge in [-0.2, -0.15) is 0 Å². The number of carbonyl (C=O) groups excluding carboxylic acids is 1. The number of terminal acetylenes is 1. The number of benzene rings is 1. The molecule has 0 spiro atoms. The summed E-state index contributed by atoms with van der Waals surface area (Å²) in [5, 5.41) is 1.16. The molecule has 1 aromatic heterocycles. The van der Waals surface area contributed by atoms with Crippen molar-refractivity contribution in [1.82, 2.24) is 24.7 Å². The molecule has 0 bridgehead atoms. The number of piperazine rings is 1. The van der Waals surface area contributed by atoms with Crippen LogP contribution in [0.2, 0.25) is 10.0 Å². The first kappa shape index (κ1) is 20.3. The first-order valence-corrected chi connectivity index (χ1v) is 10.2. The van der Waals surface area contributed by atoms with Gasteiger partial charge in [0, 0.05) is 53.7 Å². The van der Waals surface area contributed by atoms with Crippen LogP contribution in [-0.2, 0) is 4.79 Å². The number of halogens is 2. The minimum Gasteiger partial charge on any atom is -0.353 e. The van der Waals surface area contributed by atoms with Gasteiger partial charge in [-0.25, -0.2) is 9.97 Å². The monoisotopic (exact) mass is 439 g/mol. The quantitative estimate of drug-likeness (QED) is 0.539. The third kappa shape index (κ3) is 4.00. The molecule has 8 heteroatoms. The summed E-state index contributed by atoms with van der Waals surface area (Å²) < 4.78 is 0. The number of rotatable bonds is 4. The highest BCUT2D eigenvalue weighted by molar-refractivity contribution is 6.33. The lowest BCUT2D eigenvalue weighted by Gasteiger charge is -2.44. The molecular weight excluding hydrogens is 421 g/mol. The maximum atomic E-state index is 11.7. The molecule has 1 aromatic carbocycles. The Morgan fingerprint density at radius 2 is 1.97 bits per heavy atom. The second-order valence-electron chi connectivity index (χ2n) is 6.98. The highest BCUT2D eigenvalue weighted by Crippen LogP contribution is 2.34. The van der Waals surface area contributed by atoms with E-state index in [1.165, 1.54) is 0 Å². The van der Waals surface area contributed by atoms with Gasteiger partial charge in [0.1, 0.15) is 5.82 Å². The molecule has 2 aromatic rings. The number of hydrogen-bond donors (Lipinski definition) is 0. The Labute approximate surface area is 185 Å². The van der Waals surface area contributed by atoms with Gasteiger partial charge in [0.25, 0.3) is 0 Å². The van der Waals surface area contributed by atoms with Gasteiger partial charge in [0.2, 0.25) is 6.41 Å². The fraction of sp³-hybridized carbons (Fsp3) is 0.227. The summed E-state index contributed by atoms with van der Waals surface area (Å²) in [5.74, 6) is 1.55. The van der Waals surface area contributed by atoms with Crippen LogP contribution in [0, 0.1) is 12.5 Å². The lowest BCUT2D eigenvalue weighted by molar-refractivity contribution is -0.122. The Bertz CT molecular complexity index is 1050. The summed E-state index contributed by atoms with van der Waals surface area (Å²) >= 11 is 12.6. The molecule has 4 rings (SSSR count). The maximum Gasteiger partial charge on any atom is 0.210 e. The Hall–Kier alpha value is -3.01. The van der Waals surface area contributed by atoms with Crippen LogP contribution in [0.1, 0.15) is 17.4 Å². The molecule has 1 atom stereocenters. The Kier molecular flexibility index (Phi) is 5.93. The van der Waals surface area contributed by atoms with Crippen molar-refractivity contribution in [1.29, 1.82) is 0 Å². The smallest absolute Gasteiger partial charge is 0.210 e. The molecule has 6 nitrogen and oxygen atoms in total. The predicted molar refractivity (Wildman–Crippen MR) is 117 cm³/mol. The van der Waals surface area contributed by atoms with Crippen LogP contribution in [0.4, 0.5) is 0 Å².